The van der Waals surface area contributed by atoms with Crippen molar-refractivity contribution in [2.24, 2.45) is 0 Å². The quantitative estimate of drug-likeness (QED) is 0.846. The predicted octanol–water partition coefficient (Wildman–Crippen LogP) is 2.33. The highest BCUT2D eigenvalue weighted by Gasteiger charge is 2.25. The third kappa shape index (κ3) is 4.33. The number of benzene rings is 1. The summed E-state index contributed by atoms with van der Waals surface area (Å²) < 4.78 is 5.10. The zero-order valence-corrected chi connectivity index (χ0v) is 16.0. The number of nitrogens with zero attached hydrogens (tertiary/aromatic N) is 2. The van der Waals surface area contributed by atoms with Crippen LogP contribution in [0, 0.1) is 6.92 Å². The summed E-state index contributed by atoms with van der Waals surface area (Å²) in [6.45, 7) is 6.23. The van der Waals surface area contributed by atoms with E-state index in [1.165, 1.54) is 6.26 Å². The van der Waals surface area contributed by atoms with E-state index < -0.39 is 0 Å². The van der Waals surface area contributed by atoms with E-state index in [4.69, 9.17) is 4.42 Å². The monoisotopic (exact) mass is 384 g/mol. The van der Waals surface area contributed by atoms with Gasteiger partial charge in [-0.25, -0.2) is 4.79 Å². The number of nitrogens with one attached hydrogen (secondary N) is 2. The normalized spacial score (nSPS) is 13.9. The molecule has 1 aromatic heterocycles. The number of anilines is 1. The Morgan fingerprint density at radius 2 is 1.79 bits per heavy atom. The van der Waals surface area contributed by atoms with Crippen LogP contribution in [0.15, 0.2) is 41.0 Å². The molecular formula is C20H24N4O4. The molecule has 0 aliphatic carbocycles. The minimum Gasteiger partial charge on any atom is -0.459 e. The number of carbonyl (C=O) groups is 3. The highest BCUT2D eigenvalue weighted by Crippen LogP contribution is 2.20. The molecule has 148 valence electrons. The first-order chi connectivity index (χ1) is 13.5. The largest absolute Gasteiger partial charge is 0.459 e. The standard InChI is InChI=1S/C20H24N4O4/c1-3-21-20(27)24-10-8-23(9-11-24)19(26)15-7-6-14(2)16(13-15)22-18(25)17-5-4-12-28-17/h4-7,12-13H,3,8-11H2,1-2H3,(H,21,27)(H,22,25). The molecule has 3 rings (SSSR count). The Kier molecular flexibility index (Phi) is 5.98. The van der Waals surface area contributed by atoms with E-state index in [1.54, 1.807) is 40.1 Å². The van der Waals surface area contributed by atoms with Gasteiger partial charge < -0.3 is 24.9 Å². The van der Waals surface area contributed by atoms with Crippen LogP contribution in [-0.2, 0) is 0 Å². The first-order valence-corrected chi connectivity index (χ1v) is 9.27. The van der Waals surface area contributed by atoms with E-state index in [0.29, 0.717) is 44.0 Å². The number of rotatable bonds is 4. The number of urea groups is 1. The second-order valence-corrected chi connectivity index (χ2v) is 6.58. The van der Waals surface area contributed by atoms with Gasteiger partial charge in [-0.15, -0.1) is 0 Å². The van der Waals surface area contributed by atoms with Gasteiger partial charge in [0.15, 0.2) is 5.76 Å². The van der Waals surface area contributed by atoms with E-state index in [-0.39, 0.29) is 23.6 Å². The van der Waals surface area contributed by atoms with Gasteiger partial charge in [-0.1, -0.05) is 6.07 Å². The van der Waals surface area contributed by atoms with Crippen molar-refractivity contribution in [2.75, 3.05) is 38.0 Å². The fourth-order valence-corrected chi connectivity index (χ4v) is 3.04. The van der Waals surface area contributed by atoms with E-state index in [1.807, 2.05) is 13.8 Å². The van der Waals surface area contributed by atoms with Gasteiger partial charge in [-0.2, -0.15) is 0 Å². The molecule has 4 amide bonds. The fourth-order valence-electron chi connectivity index (χ4n) is 3.04. The highest BCUT2D eigenvalue weighted by molar-refractivity contribution is 6.04. The average molecular weight is 384 g/mol. The summed E-state index contributed by atoms with van der Waals surface area (Å²) in [5, 5.41) is 5.55. The van der Waals surface area contributed by atoms with E-state index in [2.05, 4.69) is 10.6 Å². The molecule has 8 nitrogen and oxygen atoms in total. The molecule has 0 radical (unpaired) electrons. The summed E-state index contributed by atoms with van der Waals surface area (Å²) in [5.41, 5.74) is 1.90. The molecular weight excluding hydrogens is 360 g/mol. The van der Waals surface area contributed by atoms with Crippen molar-refractivity contribution in [1.82, 2.24) is 15.1 Å². The molecule has 0 bridgehead atoms. The van der Waals surface area contributed by atoms with Gasteiger partial charge in [0, 0.05) is 44.0 Å². The van der Waals surface area contributed by atoms with Gasteiger partial charge in [0.1, 0.15) is 0 Å². The number of furan rings is 1. The van der Waals surface area contributed by atoms with Gasteiger partial charge in [0.2, 0.25) is 0 Å². The molecule has 28 heavy (non-hydrogen) atoms. The Balaban J connectivity index is 1.66. The summed E-state index contributed by atoms with van der Waals surface area (Å²) in [7, 11) is 0. The van der Waals surface area contributed by atoms with Crippen LogP contribution in [0.2, 0.25) is 0 Å². The van der Waals surface area contributed by atoms with Crippen LogP contribution in [0.5, 0.6) is 0 Å². The van der Waals surface area contributed by atoms with Crippen LogP contribution in [-0.4, -0.2) is 60.4 Å². The van der Waals surface area contributed by atoms with Crippen LogP contribution in [0.1, 0.15) is 33.4 Å². The number of aryl methyl sites for hydroxylation is 1. The van der Waals surface area contributed by atoms with E-state index >= 15 is 0 Å². The lowest BCUT2D eigenvalue weighted by atomic mass is 10.1. The van der Waals surface area contributed by atoms with Crippen LogP contribution in [0.25, 0.3) is 0 Å². The maximum Gasteiger partial charge on any atom is 0.317 e. The number of amides is 4. The summed E-state index contributed by atoms with van der Waals surface area (Å²) in [6, 6.07) is 8.34. The molecule has 8 heteroatoms. The Morgan fingerprint density at radius 1 is 1.07 bits per heavy atom. The summed E-state index contributed by atoms with van der Waals surface area (Å²) in [4.78, 5) is 40.4. The highest BCUT2D eigenvalue weighted by atomic mass is 16.3. The number of piperazine rings is 1. The molecule has 2 aromatic rings. The molecule has 2 N–H and O–H groups in total. The Morgan fingerprint density at radius 3 is 2.43 bits per heavy atom. The molecule has 1 fully saturated rings. The number of carbonyl (C=O) groups excluding carboxylic acids is 3. The van der Waals surface area contributed by atoms with Crippen LogP contribution in [0.4, 0.5) is 10.5 Å². The van der Waals surface area contributed by atoms with Crippen molar-refractivity contribution < 1.29 is 18.8 Å². The summed E-state index contributed by atoms with van der Waals surface area (Å²) >= 11 is 0. The van der Waals surface area contributed by atoms with Crippen LogP contribution in [0.3, 0.4) is 0 Å². The minimum atomic E-state index is -0.367. The van der Waals surface area contributed by atoms with E-state index in [0.717, 1.165) is 5.56 Å². The smallest absolute Gasteiger partial charge is 0.317 e. The number of hydrogen-bond donors (Lipinski definition) is 2. The molecule has 0 unspecified atom stereocenters. The Labute approximate surface area is 163 Å². The second kappa shape index (κ2) is 8.60. The van der Waals surface area contributed by atoms with Crippen molar-refractivity contribution in [3.63, 3.8) is 0 Å². The molecule has 0 spiro atoms. The molecule has 1 saturated heterocycles. The molecule has 0 atom stereocenters. The first-order valence-electron chi connectivity index (χ1n) is 9.27. The van der Waals surface area contributed by atoms with E-state index in [9.17, 15) is 14.4 Å². The first kappa shape index (κ1) is 19.5. The SMILES string of the molecule is CCNC(=O)N1CCN(C(=O)c2ccc(C)c(NC(=O)c3ccco3)c2)CC1. The van der Waals surface area contributed by atoms with Crippen LogP contribution >= 0.6 is 0 Å². The third-order valence-corrected chi connectivity index (χ3v) is 4.66. The van der Waals surface area contributed by atoms with Crippen molar-refractivity contribution in [2.45, 2.75) is 13.8 Å². The maximum atomic E-state index is 12.9. The average Bonchev–Trinajstić information content (AvgIpc) is 3.24. The minimum absolute atomic E-state index is 0.104. The summed E-state index contributed by atoms with van der Waals surface area (Å²) in [5.74, 6) is -0.282. The summed E-state index contributed by atoms with van der Waals surface area (Å²) in [6.07, 6.45) is 1.43. The lowest BCUT2D eigenvalue weighted by Gasteiger charge is -2.34. The third-order valence-electron chi connectivity index (χ3n) is 4.66. The predicted molar refractivity (Wildman–Crippen MR) is 104 cm³/mol. The lowest BCUT2D eigenvalue weighted by molar-refractivity contribution is 0.0665. The molecule has 0 saturated carbocycles. The Hall–Kier alpha value is -3.29. The molecule has 1 aliphatic rings. The van der Waals surface area contributed by atoms with Gasteiger partial charge in [0.05, 0.1) is 6.26 Å². The number of hydrogen-bond acceptors (Lipinski definition) is 4. The zero-order chi connectivity index (χ0) is 20.1. The molecule has 2 heterocycles. The van der Waals surface area contributed by atoms with Crippen molar-refractivity contribution in [3.8, 4) is 0 Å². The lowest BCUT2D eigenvalue weighted by Crippen LogP contribution is -2.53. The van der Waals surface area contributed by atoms with Crippen LogP contribution < -0.4 is 10.6 Å². The van der Waals surface area contributed by atoms with Gasteiger partial charge in [-0.05, 0) is 43.7 Å². The fraction of sp³-hybridized carbons (Fsp3) is 0.350. The van der Waals surface area contributed by atoms with Crippen molar-refractivity contribution in [1.29, 1.82) is 0 Å². The van der Waals surface area contributed by atoms with Gasteiger partial charge >= 0.3 is 6.03 Å². The molecule has 1 aromatic carbocycles. The Bertz CT molecular complexity index is 855. The topological polar surface area (TPSA) is 94.9 Å². The second-order valence-electron chi connectivity index (χ2n) is 6.58. The van der Waals surface area contributed by atoms with Gasteiger partial charge in [-0.3, -0.25) is 9.59 Å². The maximum absolute atomic E-state index is 12.9. The van der Waals surface area contributed by atoms with Gasteiger partial charge in [0.25, 0.3) is 11.8 Å². The zero-order valence-electron chi connectivity index (χ0n) is 16.0. The van der Waals surface area contributed by atoms with Crippen molar-refractivity contribution >= 4 is 23.5 Å². The molecule has 1 aliphatic heterocycles. The van der Waals surface area contributed by atoms with Crippen molar-refractivity contribution in [3.05, 3.63) is 53.5 Å².